The Balaban J connectivity index is 0.00000272. The molecule has 0 amide bonds. The Bertz CT molecular complexity index is 878. The predicted molar refractivity (Wildman–Crippen MR) is 131 cm³/mol. The number of piperidine rings is 1. The molecule has 1 aliphatic rings. The lowest BCUT2D eigenvalue weighted by molar-refractivity contribution is 0.211. The minimum absolute atomic E-state index is 0. The van der Waals surface area contributed by atoms with E-state index in [-0.39, 0.29) is 18.2 Å². The van der Waals surface area contributed by atoms with Crippen LogP contribution < -0.4 is 4.90 Å². The van der Waals surface area contributed by atoms with Gasteiger partial charge in [-0.05, 0) is 61.1 Å². The van der Waals surface area contributed by atoms with E-state index >= 15 is 0 Å². The van der Waals surface area contributed by atoms with Crippen molar-refractivity contribution in [1.82, 2.24) is 4.90 Å². The molecule has 4 rings (SSSR count). The molecule has 0 spiro atoms. The standard InChI is InChI=1S/C27H31FN2.ClH/c28-25-11-13-26(14-12-25)30(22-16-24-9-5-2-6-10-24)27-17-20-29(21-18-27)19-15-23-7-3-1-4-8-23;/h1-14,27H,15-22H2;1H. The van der Waals surface area contributed by atoms with E-state index in [1.165, 1.54) is 11.1 Å². The minimum Gasteiger partial charge on any atom is -0.368 e. The minimum atomic E-state index is -0.169. The van der Waals surface area contributed by atoms with Gasteiger partial charge in [0.25, 0.3) is 0 Å². The van der Waals surface area contributed by atoms with Crippen molar-refractivity contribution < 1.29 is 4.39 Å². The highest BCUT2D eigenvalue weighted by molar-refractivity contribution is 5.85. The number of anilines is 1. The number of likely N-dealkylation sites (tertiary alicyclic amines) is 1. The van der Waals surface area contributed by atoms with Crippen LogP contribution >= 0.6 is 12.4 Å². The number of halogens is 2. The Hall–Kier alpha value is -2.36. The average molecular weight is 439 g/mol. The Labute approximate surface area is 192 Å². The molecule has 3 aromatic carbocycles. The van der Waals surface area contributed by atoms with Gasteiger partial charge in [-0.25, -0.2) is 4.39 Å². The molecule has 0 saturated carbocycles. The molecule has 2 nitrogen and oxygen atoms in total. The van der Waals surface area contributed by atoms with Crippen molar-refractivity contribution in [2.75, 3.05) is 31.1 Å². The van der Waals surface area contributed by atoms with E-state index in [9.17, 15) is 4.39 Å². The van der Waals surface area contributed by atoms with Crippen molar-refractivity contribution in [2.24, 2.45) is 0 Å². The zero-order chi connectivity index (χ0) is 20.6. The Kier molecular flexibility index (Phi) is 8.93. The third-order valence-electron chi connectivity index (χ3n) is 6.20. The quantitative estimate of drug-likeness (QED) is 0.425. The molecule has 0 atom stereocenters. The monoisotopic (exact) mass is 438 g/mol. The molecule has 1 saturated heterocycles. The Morgan fingerprint density at radius 1 is 0.742 bits per heavy atom. The van der Waals surface area contributed by atoms with Gasteiger partial charge in [0, 0.05) is 37.9 Å². The molecule has 0 bridgehead atoms. The largest absolute Gasteiger partial charge is 0.368 e. The second-order valence-corrected chi connectivity index (χ2v) is 8.21. The third-order valence-corrected chi connectivity index (χ3v) is 6.20. The molecule has 0 N–H and O–H groups in total. The topological polar surface area (TPSA) is 6.48 Å². The van der Waals surface area contributed by atoms with Crippen LogP contribution in [0.5, 0.6) is 0 Å². The highest BCUT2D eigenvalue weighted by atomic mass is 35.5. The van der Waals surface area contributed by atoms with Crippen LogP contribution in [-0.4, -0.2) is 37.1 Å². The third kappa shape index (κ3) is 6.81. The molecule has 164 valence electrons. The van der Waals surface area contributed by atoms with E-state index in [1.807, 2.05) is 12.1 Å². The van der Waals surface area contributed by atoms with Gasteiger partial charge in [0.15, 0.2) is 0 Å². The lowest BCUT2D eigenvalue weighted by Crippen LogP contribution is -2.46. The summed E-state index contributed by atoms with van der Waals surface area (Å²) in [7, 11) is 0. The molecular formula is C27H32ClFN2. The lowest BCUT2D eigenvalue weighted by Gasteiger charge is -2.40. The smallest absolute Gasteiger partial charge is 0.123 e. The van der Waals surface area contributed by atoms with E-state index < -0.39 is 0 Å². The summed E-state index contributed by atoms with van der Waals surface area (Å²) >= 11 is 0. The molecule has 1 heterocycles. The summed E-state index contributed by atoms with van der Waals surface area (Å²) in [4.78, 5) is 5.09. The number of benzene rings is 3. The maximum atomic E-state index is 13.5. The summed E-state index contributed by atoms with van der Waals surface area (Å²) in [6, 6.07) is 28.9. The van der Waals surface area contributed by atoms with Crippen molar-refractivity contribution in [2.45, 2.75) is 31.7 Å². The fourth-order valence-electron chi connectivity index (χ4n) is 4.44. The van der Waals surface area contributed by atoms with E-state index in [0.29, 0.717) is 6.04 Å². The SMILES string of the molecule is Cl.Fc1ccc(N(CCc2ccccc2)C2CCN(CCc3ccccc3)CC2)cc1. The van der Waals surface area contributed by atoms with Gasteiger partial charge in [-0.3, -0.25) is 0 Å². The average Bonchev–Trinajstić information content (AvgIpc) is 2.81. The van der Waals surface area contributed by atoms with E-state index in [4.69, 9.17) is 0 Å². The maximum absolute atomic E-state index is 13.5. The first-order valence-electron chi connectivity index (χ1n) is 11.1. The van der Waals surface area contributed by atoms with Crippen molar-refractivity contribution in [1.29, 1.82) is 0 Å². The van der Waals surface area contributed by atoms with Crippen LogP contribution in [0.4, 0.5) is 10.1 Å². The fraction of sp³-hybridized carbons (Fsp3) is 0.333. The first-order valence-corrected chi connectivity index (χ1v) is 11.1. The van der Waals surface area contributed by atoms with E-state index in [2.05, 4.69) is 70.5 Å². The molecule has 0 radical (unpaired) electrons. The fourth-order valence-corrected chi connectivity index (χ4v) is 4.44. The number of rotatable bonds is 8. The van der Waals surface area contributed by atoms with Crippen LogP contribution in [0.15, 0.2) is 84.9 Å². The number of hydrogen-bond donors (Lipinski definition) is 0. The molecule has 1 aliphatic heterocycles. The van der Waals surface area contributed by atoms with Crippen molar-refractivity contribution >= 4 is 18.1 Å². The van der Waals surface area contributed by atoms with Crippen molar-refractivity contribution in [3.8, 4) is 0 Å². The van der Waals surface area contributed by atoms with Gasteiger partial charge in [0.1, 0.15) is 5.82 Å². The Morgan fingerprint density at radius 3 is 1.87 bits per heavy atom. The van der Waals surface area contributed by atoms with Crippen LogP contribution in [0.3, 0.4) is 0 Å². The van der Waals surface area contributed by atoms with E-state index in [1.54, 1.807) is 12.1 Å². The van der Waals surface area contributed by atoms with Gasteiger partial charge in [-0.2, -0.15) is 0 Å². The zero-order valence-electron chi connectivity index (χ0n) is 18.0. The summed E-state index contributed by atoms with van der Waals surface area (Å²) < 4.78 is 13.5. The molecule has 0 aliphatic carbocycles. The molecule has 4 heteroatoms. The van der Waals surface area contributed by atoms with Crippen LogP contribution in [0.25, 0.3) is 0 Å². The second-order valence-electron chi connectivity index (χ2n) is 8.21. The molecule has 31 heavy (non-hydrogen) atoms. The van der Waals surface area contributed by atoms with Crippen LogP contribution in [-0.2, 0) is 12.8 Å². The summed E-state index contributed by atoms with van der Waals surface area (Å²) in [6.45, 7) is 4.34. The Morgan fingerprint density at radius 2 is 1.29 bits per heavy atom. The molecule has 3 aromatic rings. The normalized spacial score (nSPS) is 14.7. The predicted octanol–water partition coefficient (Wildman–Crippen LogP) is 6.00. The summed E-state index contributed by atoms with van der Waals surface area (Å²) in [5, 5.41) is 0. The lowest BCUT2D eigenvalue weighted by atomic mass is 10.0. The molecular weight excluding hydrogens is 407 g/mol. The highest BCUT2D eigenvalue weighted by Crippen LogP contribution is 2.25. The van der Waals surface area contributed by atoms with Gasteiger partial charge in [0.2, 0.25) is 0 Å². The first-order chi connectivity index (χ1) is 14.8. The summed E-state index contributed by atoms with van der Waals surface area (Å²) in [5.74, 6) is -0.169. The van der Waals surface area contributed by atoms with Gasteiger partial charge in [-0.15, -0.1) is 12.4 Å². The highest BCUT2D eigenvalue weighted by Gasteiger charge is 2.24. The summed E-state index contributed by atoms with van der Waals surface area (Å²) in [6.07, 6.45) is 4.43. The molecule has 0 aromatic heterocycles. The molecule has 1 fully saturated rings. The van der Waals surface area contributed by atoms with Crippen LogP contribution in [0, 0.1) is 5.82 Å². The number of nitrogens with zero attached hydrogens (tertiary/aromatic N) is 2. The summed E-state index contributed by atoms with van der Waals surface area (Å²) in [5.41, 5.74) is 3.90. The zero-order valence-corrected chi connectivity index (χ0v) is 18.8. The van der Waals surface area contributed by atoms with E-state index in [0.717, 1.165) is 57.5 Å². The van der Waals surface area contributed by atoms with Crippen LogP contribution in [0.2, 0.25) is 0 Å². The van der Waals surface area contributed by atoms with Gasteiger partial charge in [-0.1, -0.05) is 60.7 Å². The van der Waals surface area contributed by atoms with Crippen molar-refractivity contribution in [3.05, 3.63) is 102 Å². The number of hydrogen-bond acceptors (Lipinski definition) is 2. The second kappa shape index (κ2) is 11.9. The molecule has 0 unspecified atom stereocenters. The van der Waals surface area contributed by atoms with Gasteiger partial charge in [0.05, 0.1) is 0 Å². The van der Waals surface area contributed by atoms with Crippen LogP contribution in [0.1, 0.15) is 24.0 Å². The van der Waals surface area contributed by atoms with Gasteiger partial charge >= 0.3 is 0 Å². The van der Waals surface area contributed by atoms with Gasteiger partial charge < -0.3 is 9.80 Å². The van der Waals surface area contributed by atoms with Crippen molar-refractivity contribution in [3.63, 3.8) is 0 Å². The maximum Gasteiger partial charge on any atom is 0.123 e. The first kappa shape index (κ1) is 23.3.